The van der Waals surface area contributed by atoms with E-state index in [-0.39, 0.29) is 0 Å². The lowest BCUT2D eigenvalue weighted by Gasteiger charge is -2.00. The minimum absolute atomic E-state index is 0.374. The Morgan fingerprint density at radius 3 is 2.56 bits per heavy atom. The molecule has 1 rings (SSSR count). The first-order chi connectivity index (χ1) is 7.41. The summed E-state index contributed by atoms with van der Waals surface area (Å²) in [4.78, 5) is 22.0. The van der Waals surface area contributed by atoms with Crippen molar-refractivity contribution in [2.45, 2.75) is 6.42 Å². The van der Waals surface area contributed by atoms with Gasteiger partial charge in [0.1, 0.15) is 5.75 Å². The van der Waals surface area contributed by atoms with Gasteiger partial charge in [0.05, 0.1) is 17.1 Å². The molecule has 7 heteroatoms. The molecular formula is C9H10O5S2. The van der Waals surface area contributed by atoms with Crippen molar-refractivity contribution < 1.29 is 23.1 Å². The van der Waals surface area contributed by atoms with Crippen LogP contribution in [0.4, 0.5) is 0 Å². The van der Waals surface area contributed by atoms with E-state index in [0.29, 0.717) is 4.88 Å². The molecule has 0 aromatic carbocycles. The van der Waals surface area contributed by atoms with Gasteiger partial charge in [-0.3, -0.25) is 9.59 Å². The molecule has 0 unspecified atom stereocenters. The normalized spacial score (nSPS) is 11.2. The molecular weight excluding hydrogens is 252 g/mol. The maximum absolute atomic E-state index is 11.4. The molecule has 0 bridgehead atoms. The first kappa shape index (κ1) is 12.9. The zero-order valence-corrected chi connectivity index (χ0v) is 9.88. The molecule has 0 aliphatic heterocycles. The SMILES string of the molecule is O=C(O)CCS(=O)(=O)CC(=O)c1cccs1. The number of carbonyl (C=O) groups is 2. The molecule has 88 valence electrons. The Labute approximate surface area is 96.6 Å². The van der Waals surface area contributed by atoms with E-state index in [1.165, 1.54) is 11.3 Å². The van der Waals surface area contributed by atoms with Gasteiger partial charge >= 0.3 is 5.97 Å². The van der Waals surface area contributed by atoms with Crippen LogP contribution in [-0.4, -0.2) is 36.8 Å². The van der Waals surface area contributed by atoms with Crippen molar-refractivity contribution in [1.82, 2.24) is 0 Å². The van der Waals surface area contributed by atoms with E-state index < -0.39 is 39.5 Å². The van der Waals surface area contributed by atoms with Gasteiger partial charge in [0.25, 0.3) is 0 Å². The van der Waals surface area contributed by atoms with Crippen molar-refractivity contribution in [2.75, 3.05) is 11.5 Å². The number of thiophene rings is 1. The van der Waals surface area contributed by atoms with Gasteiger partial charge < -0.3 is 5.11 Å². The molecule has 0 aliphatic rings. The van der Waals surface area contributed by atoms with Gasteiger partial charge in [0, 0.05) is 0 Å². The van der Waals surface area contributed by atoms with Crippen LogP contribution < -0.4 is 0 Å². The van der Waals surface area contributed by atoms with E-state index in [2.05, 4.69) is 0 Å². The van der Waals surface area contributed by atoms with Crippen LogP contribution in [0.5, 0.6) is 0 Å². The summed E-state index contributed by atoms with van der Waals surface area (Å²) in [5.74, 6) is -2.80. The second-order valence-electron chi connectivity index (χ2n) is 3.14. The van der Waals surface area contributed by atoms with E-state index in [9.17, 15) is 18.0 Å². The van der Waals surface area contributed by atoms with Crippen LogP contribution in [-0.2, 0) is 14.6 Å². The van der Waals surface area contributed by atoms with Crippen molar-refractivity contribution in [3.05, 3.63) is 22.4 Å². The lowest BCUT2D eigenvalue weighted by molar-refractivity contribution is -0.136. The summed E-state index contributed by atoms with van der Waals surface area (Å²) in [6.45, 7) is 0. The van der Waals surface area contributed by atoms with Gasteiger partial charge in [-0.2, -0.15) is 0 Å². The van der Waals surface area contributed by atoms with Crippen LogP contribution in [0.15, 0.2) is 17.5 Å². The summed E-state index contributed by atoms with van der Waals surface area (Å²) in [7, 11) is -3.63. The zero-order chi connectivity index (χ0) is 12.2. The number of hydrogen-bond acceptors (Lipinski definition) is 5. The number of aliphatic carboxylic acids is 1. The molecule has 0 saturated carbocycles. The molecule has 0 saturated heterocycles. The monoisotopic (exact) mass is 262 g/mol. The Bertz CT molecular complexity index is 472. The first-order valence-electron chi connectivity index (χ1n) is 4.39. The van der Waals surface area contributed by atoms with Crippen LogP contribution in [0.2, 0.25) is 0 Å². The Kier molecular flexibility index (Phi) is 4.19. The molecule has 1 N–H and O–H groups in total. The lowest BCUT2D eigenvalue weighted by atomic mass is 10.4. The Morgan fingerprint density at radius 2 is 2.06 bits per heavy atom. The van der Waals surface area contributed by atoms with Gasteiger partial charge in [-0.15, -0.1) is 11.3 Å². The Balaban J connectivity index is 2.60. The number of carboxylic acids is 1. The smallest absolute Gasteiger partial charge is 0.304 e. The van der Waals surface area contributed by atoms with E-state index in [4.69, 9.17) is 5.11 Å². The van der Waals surface area contributed by atoms with Crippen molar-refractivity contribution in [3.8, 4) is 0 Å². The highest BCUT2D eigenvalue weighted by atomic mass is 32.2. The number of carbonyl (C=O) groups excluding carboxylic acids is 1. The van der Waals surface area contributed by atoms with Crippen LogP contribution in [0.25, 0.3) is 0 Å². The maximum Gasteiger partial charge on any atom is 0.304 e. The minimum atomic E-state index is -3.63. The fourth-order valence-electron chi connectivity index (χ4n) is 1.02. The van der Waals surface area contributed by atoms with Gasteiger partial charge in [0.15, 0.2) is 15.6 Å². The molecule has 0 fully saturated rings. The van der Waals surface area contributed by atoms with Crippen molar-refractivity contribution >= 4 is 32.9 Å². The molecule has 0 atom stereocenters. The van der Waals surface area contributed by atoms with Crippen molar-refractivity contribution in [3.63, 3.8) is 0 Å². The van der Waals surface area contributed by atoms with E-state index in [1.54, 1.807) is 17.5 Å². The summed E-state index contributed by atoms with van der Waals surface area (Å²) < 4.78 is 22.7. The summed E-state index contributed by atoms with van der Waals surface area (Å²) in [5.41, 5.74) is 0. The molecule has 0 aliphatic carbocycles. The predicted molar refractivity (Wildman–Crippen MR) is 59.6 cm³/mol. The third-order valence-corrected chi connectivity index (χ3v) is 4.21. The molecule has 1 aromatic heterocycles. The highest BCUT2D eigenvalue weighted by Crippen LogP contribution is 2.11. The average molecular weight is 262 g/mol. The molecule has 0 spiro atoms. The van der Waals surface area contributed by atoms with Gasteiger partial charge in [-0.25, -0.2) is 8.42 Å². The van der Waals surface area contributed by atoms with Crippen LogP contribution in [0, 0.1) is 0 Å². The number of carboxylic acid groups (broad SMARTS) is 1. The molecule has 0 amide bonds. The standard InChI is InChI=1S/C9H10O5S2/c10-7(8-2-1-4-15-8)6-16(13,14)5-3-9(11)12/h1-2,4H,3,5-6H2,(H,11,12). The molecule has 1 aromatic rings. The number of hydrogen-bond donors (Lipinski definition) is 1. The zero-order valence-electron chi connectivity index (χ0n) is 8.25. The van der Waals surface area contributed by atoms with E-state index in [0.717, 1.165) is 0 Å². The van der Waals surface area contributed by atoms with Crippen LogP contribution in [0.3, 0.4) is 0 Å². The molecule has 5 nitrogen and oxygen atoms in total. The number of sulfone groups is 1. The molecule has 1 heterocycles. The highest BCUT2D eigenvalue weighted by Gasteiger charge is 2.19. The number of ketones is 1. The summed E-state index contributed by atoms with van der Waals surface area (Å²) in [6.07, 6.45) is -0.472. The van der Waals surface area contributed by atoms with E-state index in [1.807, 2.05) is 0 Å². The lowest BCUT2D eigenvalue weighted by Crippen LogP contribution is -2.20. The highest BCUT2D eigenvalue weighted by molar-refractivity contribution is 7.92. The van der Waals surface area contributed by atoms with Crippen LogP contribution >= 0.6 is 11.3 Å². The van der Waals surface area contributed by atoms with Gasteiger partial charge in [-0.05, 0) is 11.4 Å². The summed E-state index contributed by atoms with van der Waals surface area (Å²) in [5, 5.41) is 10.0. The molecule has 16 heavy (non-hydrogen) atoms. The Morgan fingerprint density at radius 1 is 1.38 bits per heavy atom. The fourth-order valence-corrected chi connectivity index (χ4v) is 2.96. The second kappa shape index (κ2) is 5.22. The largest absolute Gasteiger partial charge is 0.481 e. The topological polar surface area (TPSA) is 88.5 Å². The third-order valence-electron chi connectivity index (χ3n) is 1.77. The van der Waals surface area contributed by atoms with Crippen molar-refractivity contribution in [1.29, 1.82) is 0 Å². The Hall–Kier alpha value is -1.21. The quantitative estimate of drug-likeness (QED) is 0.767. The fraction of sp³-hybridized carbons (Fsp3) is 0.333. The van der Waals surface area contributed by atoms with Gasteiger partial charge in [-0.1, -0.05) is 6.07 Å². The average Bonchev–Trinajstić information content (AvgIpc) is 2.67. The first-order valence-corrected chi connectivity index (χ1v) is 7.10. The maximum atomic E-state index is 11.4. The molecule has 0 radical (unpaired) electrons. The predicted octanol–water partition coefficient (Wildman–Crippen LogP) is 0.820. The summed E-state index contributed by atoms with van der Waals surface area (Å²) in [6, 6.07) is 3.20. The van der Waals surface area contributed by atoms with Crippen molar-refractivity contribution in [2.24, 2.45) is 0 Å². The number of Topliss-reactive ketones (excluding diaryl/α,β-unsaturated/α-hetero) is 1. The van der Waals surface area contributed by atoms with Crippen LogP contribution in [0.1, 0.15) is 16.1 Å². The number of rotatable bonds is 6. The minimum Gasteiger partial charge on any atom is -0.481 e. The van der Waals surface area contributed by atoms with E-state index >= 15 is 0 Å². The van der Waals surface area contributed by atoms with Gasteiger partial charge in [0.2, 0.25) is 0 Å². The second-order valence-corrected chi connectivity index (χ2v) is 6.27. The summed E-state index contributed by atoms with van der Waals surface area (Å²) >= 11 is 1.17. The third kappa shape index (κ3) is 4.11.